The van der Waals surface area contributed by atoms with Crippen LogP contribution in [0.4, 0.5) is 0 Å². The molecule has 0 radical (unpaired) electrons. The van der Waals surface area contributed by atoms with E-state index in [9.17, 15) is 9.59 Å². The minimum atomic E-state index is -1.05. The normalized spacial score (nSPS) is 9.90. The van der Waals surface area contributed by atoms with Gasteiger partial charge >= 0.3 is 5.97 Å². The second kappa shape index (κ2) is 5.92. The molecule has 6 heteroatoms. The van der Waals surface area contributed by atoms with Crippen LogP contribution in [0.3, 0.4) is 0 Å². The number of pyridine rings is 1. The van der Waals surface area contributed by atoms with E-state index >= 15 is 0 Å². The lowest BCUT2D eigenvalue weighted by atomic mass is 10.0. The Morgan fingerprint density at radius 2 is 2.05 bits per heavy atom. The van der Waals surface area contributed by atoms with Gasteiger partial charge in [-0.3, -0.25) is 4.79 Å². The standard InChI is InChI=1S/C15H12N2O4/c1-9-13(6-11(7-16)15(20)17-9)10-2-4-12(5-3-10)21-8-14(18)19/h2-6H,8H2,1H3,(H,17,20)(H,18,19). The van der Waals surface area contributed by atoms with Crippen molar-refractivity contribution in [2.75, 3.05) is 6.61 Å². The van der Waals surface area contributed by atoms with Crippen molar-refractivity contribution in [3.63, 3.8) is 0 Å². The first-order valence-electron chi connectivity index (χ1n) is 6.10. The second-order valence-electron chi connectivity index (χ2n) is 4.37. The molecule has 0 aliphatic heterocycles. The van der Waals surface area contributed by atoms with E-state index in [0.29, 0.717) is 11.4 Å². The number of hydrogen-bond donors (Lipinski definition) is 2. The van der Waals surface area contributed by atoms with E-state index in [2.05, 4.69) is 4.98 Å². The van der Waals surface area contributed by atoms with Gasteiger partial charge in [-0.15, -0.1) is 0 Å². The fourth-order valence-electron chi connectivity index (χ4n) is 1.88. The van der Waals surface area contributed by atoms with Gasteiger partial charge in [0.15, 0.2) is 6.61 Å². The fraction of sp³-hybridized carbons (Fsp3) is 0.133. The van der Waals surface area contributed by atoms with Gasteiger partial charge in [0, 0.05) is 11.3 Å². The number of carbonyl (C=O) groups is 1. The summed E-state index contributed by atoms with van der Waals surface area (Å²) >= 11 is 0. The highest BCUT2D eigenvalue weighted by Gasteiger charge is 2.08. The number of hydrogen-bond acceptors (Lipinski definition) is 4. The van der Waals surface area contributed by atoms with Crippen molar-refractivity contribution in [1.82, 2.24) is 4.98 Å². The number of nitrogens with one attached hydrogen (secondary N) is 1. The summed E-state index contributed by atoms with van der Waals surface area (Å²) in [5, 5.41) is 17.4. The third-order valence-corrected chi connectivity index (χ3v) is 2.89. The van der Waals surface area contributed by atoms with E-state index < -0.39 is 18.1 Å². The Bertz CT molecular complexity index is 770. The number of aromatic nitrogens is 1. The molecule has 2 N–H and O–H groups in total. The molecule has 0 unspecified atom stereocenters. The van der Waals surface area contributed by atoms with E-state index in [1.54, 1.807) is 31.2 Å². The number of nitriles is 1. The van der Waals surface area contributed by atoms with Crippen LogP contribution in [0.25, 0.3) is 11.1 Å². The van der Waals surface area contributed by atoms with Crippen LogP contribution in [0.1, 0.15) is 11.3 Å². The highest BCUT2D eigenvalue weighted by molar-refractivity contribution is 5.69. The minimum Gasteiger partial charge on any atom is -0.482 e. The van der Waals surface area contributed by atoms with Crippen molar-refractivity contribution in [2.45, 2.75) is 6.92 Å². The molecule has 1 aromatic carbocycles. The van der Waals surface area contributed by atoms with Gasteiger partial charge in [0.1, 0.15) is 17.4 Å². The minimum absolute atomic E-state index is 0.0433. The van der Waals surface area contributed by atoms with E-state index in [0.717, 1.165) is 11.1 Å². The van der Waals surface area contributed by atoms with E-state index in [4.69, 9.17) is 15.1 Å². The van der Waals surface area contributed by atoms with Crippen LogP contribution < -0.4 is 10.3 Å². The summed E-state index contributed by atoms with van der Waals surface area (Å²) in [5.41, 5.74) is 1.80. The molecule has 2 rings (SSSR count). The molecule has 0 aliphatic carbocycles. The summed E-state index contributed by atoms with van der Waals surface area (Å²) in [4.78, 5) is 24.5. The molecule has 1 heterocycles. The molecule has 0 atom stereocenters. The van der Waals surface area contributed by atoms with Crippen molar-refractivity contribution >= 4 is 5.97 Å². The number of aliphatic carboxylic acids is 1. The lowest BCUT2D eigenvalue weighted by molar-refractivity contribution is -0.139. The number of H-pyrrole nitrogens is 1. The zero-order chi connectivity index (χ0) is 15.4. The van der Waals surface area contributed by atoms with Crippen molar-refractivity contribution in [3.05, 3.63) is 51.9 Å². The van der Waals surface area contributed by atoms with Crippen molar-refractivity contribution in [2.24, 2.45) is 0 Å². The second-order valence-corrected chi connectivity index (χ2v) is 4.37. The smallest absolute Gasteiger partial charge is 0.341 e. The predicted octanol–water partition coefficient (Wildman–Crippen LogP) is 1.69. The van der Waals surface area contributed by atoms with Crippen LogP contribution in [0.15, 0.2) is 35.1 Å². The molecule has 0 amide bonds. The monoisotopic (exact) mass is 284 g/mol. The van der Waals surface area contributed by atoms with Crippen LogP contribution in [-0.4, -0.2) is 22.7 Å². The molecular formula is C15H12N2O4. The van der Waals surface area contributed by atoms with Gasteiger partial charge in [-0.1, -0.05) is 12.1 Å². The Morgan fingerprint density at radius 1 is 1.38 bits per heavy atom. The third-order valence-electron chi connectivity index (χ3n) is 2.89. The highest BCUT2D eigenvalue weighted by Crippen LogP contribution is 2.24. The zero-order valence-electron chi connectivity index (χ0n) is 11.2. The van der Waals surface area contributed by atoms with Gasteiger partial charge in [-0.05, 0) is 30.7 Å². The van der Waals surface area contributed by atoms with E-state index in [1.165, 1.54) is 6.07 Å². The first-order valence-corrected chi connectivity index (χ1v) is 6.10. The fourth-order valence-corrected chi connectivity index (χ4v) is 1.88. The molecular weight excluding hydrogens is 272 g/mol. The van der Waals surface area contributed by atoms with Gasteiger partial charge in [0.25, 0.3) is 5.56 Å². The molecule has 0 fully saturated rings. The number of aryl methyl sites for hydroxylation is 1. The van der Waals surface area contributed by atoms with Gasteiger partial charge in [0.2, 0.25) is 0 Å². The summed E-state index contributed by atoms with van der Waals surface area (Å²) in [6.45, 7) is 1.34. The van der Waals surface area contributed by atoms with Crippen LogP contribution >= 0.6 is 0 Å². The zero-order valence-corrected chi connectivity index (χ0v) is 11.2. The number of rotatable bonds is 4. The quantitative estimate of drug-likeness (QED) is 0.889. The summed E-state index contributed by atoms with van der Waals surface area (Å²) in [7, 11) is 0. The number of nitrogens with zero attached hydrogens (tertiary/aromatic N) is 1. The van der Waals surface area contributed by atoms with E-state index in [-0.39, 0.29) is 5.56 Å². The average Bonchev–Trinajstić information content (AvgIpc) is 2.46. The maximum absolute atomic E-state index is 11.5. The van der Waals surface area contributed by atoms with Gasteiger partial charge in [-0.2, -0.15) is 5.26 Å². The number of carboxylic acids is 1. The Morgan fingerprint density at radius 3 is 2.62 bits per heavy atom. The maximum Gasteiger partial charge on any atom is 0.341 e. The summed E-state index contributed by atoms with van der Waals surface area (Å²) in [6, 6.07) is 10.1. The van der Waals surface area contributed by atoms with Crippen molar-refractivity contribution in [1.29, 1.82) is 5.26 Å². The molecule has 6 nitrogen and oxygen atoms in total. The maximum atomic E-state index is 11.5. The molecule has 0 aliphatic rings. The number of aromatic amines is 1. The highest BCUT2D eigenvalue weighted by atomic mass is 16.5. The molecule has 0 saturated heterocycles. The SMILES string of the molecule is Cc1[nH]c(=O)c(C#N)cc1-c1ccc(OCC(=O)O)cc1. The topological polar surface area (TPSA) is 103 Å². The molecule has 1 aromatic heterocycles. The largest absolute Gasteiger partial charge is 0.482 e. The average molecular weight is 284 g/mol. The first kappa shape index (κ1) is 14.3. The van der Waals surface area contributed by atoms with Gasteiger partial charge in [-0.25, -0.2) is 4.79 Å². The molecule has 2 aromatic rings. The molecule has 0 spiro atoms. The first-order chi connectivity index (χ1) is 10.0. The Balaban J connectivity index is 2.33. The summed E-state index contributed by atoms with van der Waals surface area (Å²) in [6.07, 6.45) is 0. The summed E-state index contributed by atoms with van der Waals surface area (Å²) < 4.78 is 5.04. The molecule has 0 bridgehead atoms. The Labute approximate surface area is 120 Å². The number of ether oxygens (including phenoxy) is 1. The summed E-state index contributed by atoms with van der Waals surface area (Å²) in [5.74, 6) is -0.613. The Kier molecular flexibility index (Phi) is 4.05. The van der Waals surface area contributed by atoms with Gasteiger partial charge in [0.05, 0.1) is 0 Å². The van der Waals surface area contributed by atoms with Crippen LogP contribution in [-0.2, 0) is 4.79 Å². The van der Waals surface area contributed by atoms with Crippen LogP contribution in [0.5, 0.6) is 5.75 Å². The third kappa shape index (κ3) is 3.28. The van der Waals surface area contributed by atoms with Crippen molar-refractivity contribution in [3.8, 4) is 22.9 Å². The predicted molar refractivity (Wildman–Crippen MR) is 75.1 cm³/mol. The Hall–Kier alpha value is -3.07. The lowest BCUT2D eigenvalue weighted by Crippen LogP contribution is -2.12. The van der Waals surface area contributed by atoms with Crippen molar-refractivity contribution < 1.29 is 14.6 Å². The van der Waals surface area contributed by atoms with Crippen LogP contribution in [0.2, 0.25) is 0 Å². The van der Waals surface area contributed by atoms with Gasteiger partial charge < -0.3 is 14.8 Å². The van der Waals surface area contributed by atoms with Crippen LogP contribution in [0, 0.1) is 18.3 Å². The molecule has 0 saturated carbocycles. The lowest BCUT2D eigenvalue weighted by Gasteiger charge is -2.08. The number of carboxylic acid groups (broad SMARTS) is 1. The number of benzene rings is 1. The molecule has 106 valence electrons. The molecule has 21 heavy (non-hydrogen) atoms. The van der Waals surface area contributed by atoms with E-state index in [1.807, 2.05) is 6.07 Å².